The Labute approximate surface area is 136 Å². The van der Waals surface area contributed by atoms with Gasteiger partial charge >= 0.3 is 0 Å². The molecule has 0 aliphatic carbocycles. The second-order valence-electron chi connectivity index (χ2n) is 7.03. The summed E-state index contributed by atoms with van der Waals surface area (Å²) < 4.78 is 5.84. The lowest BCUT2D eigenvalue weighted by molar-refractivity contribution is -0.0946. The molecule has 1 heterocycles. The zero-order valence-electron chi connectivity index (χ0n) is 15.4. The highest BCUT2D eigenvalue weighted by atomic mass is 16.5. The number of aliphatic imine (C=N–C) groups is 1. The van der Waals surface area contributed by atoms with Crippen LogP contribution in [0.3, 0.4) is 0 Å². The number of hydrogen-bond acceptors (Lipinski definition) is 3. The average molecular weight is 313 g/mol. The molecule has 1 saturated heterocycles. The van der Waals surface area contributed by atoms with E-state index in [2.05, 4.69) is 55.1 Å². The van der Waals surface area contributed by atoms with Crippen molar-refractivity contribution in [3.8, 4) is 0 Å². The molecule has 0 amide bonds. The van der Waals surface area contributed by atoms with Crippen molar-refractivity contribution >= 4 is 5.96 Å². The smallest absolute Gasteiger partial charge is 0.191 e. The molecule has 1 rings (SSSR count). The largest absolute Gasteiger partial charge is 0.373 e. The normalized spacial score (nSPS) is 24.4. The van der Waals surface area contributed by atoms with E-state index in [9.17, 15) is 0 Å². The topological polar surface area (TPSA) is 48.9 Å². The summed E-state index contributed by atoms with van der Waals surface area (Å²) in [6.07, 6.45) is 4.30. The molecule has 0 aromatic heterocycles. The lowest BCUT2D eigenvalue weighted by atomic mass is 10.00. The maximum Gasteiger partial charge on any atom is 0.191 e. The number of nitrogens with zero attached hydrogens (tertiary/aromatic N) is 2. The first-order chi connectivity index (χ1) is 10.4. The van der Waals surface area contributed by atoms with Crippen LogP contribution in [0.1, 0.15) is 53.9 Å². The highest BCUT2D eigenvalue weighted by Crippen LogP contribution is 2.20. The van der Waals surface area contributed by atoms with Crippen LogP contribution in [0.15, 0.2) is 4.99 Å². The van der Waals surface area contributed by atoms with E-state index in [0.29, 0.717) is 12.2 Å². The van der Waals surface area contributed by atoms with Crippen molar-refractivity contribution in [2.45, 2.75) is 71.6 Å². The minimum Gasteiger partial charge on any atom is -0.373 e. The van der Waals surface area contributed by atoms with Crippen LogP contribution in [-0.2, 0) is 4.74 Å². The van der Waals surface area contributed by atoms with Crippen LogP contribution in [0, 0.1) is 0 Å². The lowest BCUT2D eigenvalue weighted by Crippen LogP contribution is -2.59. The van der Waals surface area contributed by atoms with Gasteiger partial charge in [0.2, 0.25) is 0 Å². The molecule has 130 valence electrons. The predicted molar refractivity (Wildman–Crippen MR) is 94.6 cm³/mol. The zero-order chi connectivity index (χ0) is 16.6. The summed E-state index contributed by atoms with van der Waals surface area (Å²) in [5, 5.41) is 6.86. The standard InChI is InChI=1S/C17H36N4O/c1-7-8-9-10-19-16(18-6)20-13-17(4,5)21-11-14(2)22-15(3)12-21/h14-15H,7-13H2,1-6H3,(H2,18,19,20). The molecule has 0 bridgehead atoms. The van der Waals surface area contributed by atoms with E-state index in [0.717, 1.165) is 32.1 Å². The van der Waals surface area contributed by atoms with Gasteiger partial charge in [-0.3, -0.25) is 9.89 Å². The van der Waals surface area contributed by atoms with E-state index in [1.165, 1.54) is 19.3 Å². The Morgan fingerprint density at radius 3 is 2.36 bits per heavy atom. The Balaban J connectivity index is 2.42. The quantitative estimate of drug-likeness (QED) is 0.430. The van der Waals surface area contributed by atoms with Crippen LogP contribution in [-0.4, -0.2) is 61.8 Å². The Kier molecular flexibility index (Phi) is 8.18. The van der Waals surface area contributed by atoms with Crippen molar-refractivity contribution < 1.29 is 4.74 Å². The molecule has 1 aliphatic rings. The van der Waals surface area contributed by atoms with E-state index in [4.69, 9.17) is 4.74 Å². The minimum absolute atomic E-state index is 0.0767. The van der Waals surface area contributed by atoms with Crippen molar-refractivity contribution in [2.75, 3.05) is 33.2 Å². The van der Waals surface area contributed by atoms with E-state index in [-0.39, 0.29) is 5.54 Å². The molecule has 1 aliphatic heterocycles. The average Bonchev–Trinajstić information content (AvgIpc) is 2.45. The SMILES string of the molecule is CCCCCNC(=NC)NCC(C)(C)N1CC(C)OC(C)C1. The number of morpholine rings is 1. The predicted octanol–water partition coefficient (Wildman–Crippen LogP) is 2.23. The monoisotopic (exact) mass is 312 g/mol. The first kappa shape index (κ1) is 19.2. The van der Waals surface area contributed by atoms with Crippen LogP contribution >= 0.6 is 0 Å². The van der Waals surface area contributed by atoms with E-state index < -0.39 is 0 Å². The third-order valence-electron chi connectivity index (χ3n) is 4.26. The van der Waals surface area contributed by atoms with E-state index >= 15 is 0 Å². The molecule has 0 saturated carbocycles. The van der Waals surface area contributed by atoms with Crippen molar-refractivity contribution in [3.05, 3.63) is 0 Å². The van der Waals surface area contributed by atoms with E-state index in [1.54, 1.807) is 0 Å². The number of unbranched alkanes of at least 4 members (excludes halogenated alkanes) is 2. The Hall–Kier alpha value is -0.810. The number of ether oxygens (including phenoxy) is 1. The molecule has 5 nitrogen and oxygen atoms in total. The van der Waals surface area contributed by atoms with Gasteiger partial charge in [0.15, 0.2) is 5.96 Å². The van der Waals surface area contributed by atoms with Gasteiger partial charge in [0.1, 0.15) is 0 Å². The molecule has 2 N–H and O–H groups in total. The van der Waals surface area contributed by atoms with Gasteiger partial charge in [0.25, 0.3) is 0 Å². The fourth-order valence-corrected chi connectivity index (χ4v) is 2.89. The van der Waals surface area contributed by atoms with Crippen molar-refractivity contribution in [2.24, 2.45) is 4.99 Å². The first-order valence-corrected chi connectivity index (χ1v) is 8.74. The molecule has 2 unspecified atom stereocenters. The molecule has 22 heavy (non-hydrogen) atoms. The number of nitrogens with one attached hydrogen (secondary N) is 2. The minimum atomic E-state index is 0.0767. The third kappa shape index (κ3) is 6.53. The van der Waals surface area contributed by atoms with Crippen LogP contribution in [0.4, 0.5) is 0 Å². The summed E-state index contributed by atoms with van der Waals surface area (Å²) in [4.78, 5) is 6.83. The van der Waals surface area contributed by atoms with Crippen LogP contribution in [0.25, 0.3) is 0 Å². The summed E-state index contributed by atoms with van der Waals surface area (Å²) >= 11 is 0. The van der Waals surface area contributed by atoms with Crippen molar-refractivity contribution in [1.29, 1.82) is 0 Å². The molecule has 0 aromatic carbocycles. The summed E-state index contributed by atoms with van der Waals surface area (Å²) in [6.45, 7) is 14.9. The van der Waals surface area contributed by atoms with Gasteiger partial charge in [0, 0.05) is 38.8 Å². The molecule has 5 heteroatoms. The Morgan fingerprint density at radius 2 is 1.82 bits per heavy atom. The molecule has 1 fully saturated rings. The van der Waals surface area contributed by atoms with Gasteiger partial charge in [-0.1, -0.05) is 19.8 Å². The zero-order valence-corrected chi connectivity index (χ0v) is 15.4. The molecular formula is C17H36N4O. The summed E-state index contributed by atoms with van der Waals surface area (Å²) in [5.41, 5.74) is 0.0767. The summed E-state index contributed by atoms with van der Waals surface area (Å²) in [7, 11) is 1.83. The van der Waals surface area contributed by atoms with Gasteiger partial charge in [-0.15, -0.1) is 0 Å². The molecule has 0 spiro atoms. The summed E-state index contributed by atoms with van der Waals surface area (Å²) in [6, 6.07) is 0. The van der Waals surface area contributed by atoms with Crippen molar-refractivity contribution in [1.82, 2.24) is 15.5 Å². The van der Waals surface area contributed by atoms with Gasteiger partial charge in [-0.05, 0) is 34.1 Å². The maximum absolute atomic E-state index is 5.84. The fraction of sp³-hybridized carbons (Fsp3) is 0.941. The van der Waals surface area contributed by atoms with Crippen LogP contribution in [0.2, 0.25) is 0 Å². The highest BCUT2D eigenvalue weighted by molar-refractivity contribution is 5.79. The van der Waals surface area contributed by atoms with E-state index in [1.807, 2.05) is 7.05 Å². The van der Waals surface area contributed by atoms with Gasteiger partial charge in [-0.25, -0.2) is 0 Å². The third-order valence-corrected chi connectivity index (χ3v) is 4.26. The van der Waals surface area contributed by atoms with Gasteiger partial charge < -0.3 is 15.4 Å². The fourth-order valence-electron chi connectivity index (χ4n) is 2.89. The Bertz CT molecular complexity index is 334. The molecular weight excluding hydrogens is 276 g/mol. The van der Waals surface area contributed by atoms with Gasteiger partial charge in [0.05, 0.1) is 12.2 Å². The number of hydrogen-bond donors (Lipinski definition) is 2. The molecule has 0 aromatic rings. The summed E-state index contributed by atoms with van der Waals surface area (Å²) in [5.74, 6) is 0.901. The number of guanidine groups is 1. The second-order valence-corrected chi connectivity index (χ2v) is 7.03. The Morgan fingerprint density at radius 1 is 1.18 bits per heavy atom. The second kappa shape index (κ2) is 9.36. The number of rotatable bonds is 7. The lowest BCUT2D eigenvalue weighted by Gasteiger charge is -2.45. The molecule has 0 radical (unpaired) electrons. The van der Waals surface area contributed by atoms with Gasteiger partial charge in [-0.2, -0.15) is 0 Å². The van der Waals surface area contributed by atoms with Crippen molar-refractivity contribution in [3.63, 3.8) is 0 Å². The highest BCUT2D eigenvalue weighted by Gasteiger charge is 2.33. The molecule has 2 atom stereocenters. The maximum atomic E-state index is 5.84. The van der Waals surface area contributed by atoms with Crippen LogP contribution < -0.4 is 10.6 Å². The first-order valence-electron chi connectivity index (χ1n) is 8.74. The van der Waals surface area contributed by atoms with Crippen LogP contribution in [0.5, 0.6) is 0 Å².